The first kappa shape index (κ1) is 13.4. The number of ether oxygens (including phenoxy) is 1. The van der Waals surface area contributed by atoms with Crippen LogP contribution in [0.4, 0.5) is 4.79 Å². The van der Waals surface area contributed by atoms with Crippen molar-refractivity contribution in [3.63, 3.8) is 0 Å². The molecule has 0 radical (unpaired) electrons. The van der Waals surface area contributed by atoms with Crippen LogP contribution >= 0.6 is 15.9 Å². The van der Waals surface area contributed by atoms with E-state index in [9.17, 15) is 4.79 Å². The number of halogens is 1. The Morgan fingerprint density at radius 3 is 3.17 bits per heavy atom. The lowest BCUT2D eigenvalue weighted by Gasteiger charge is -2.33. The van der Waals surface area contributed by atoms with Gasteiger partial charge >= 0.3 is 6.03 Å². The number of nitrogens with one attached hydrogen (secondary N) is 1. The molecule has 4 nitrogen and oxygen atoms in total. The highest BCUT2D eigenvalue weighted by Gasteiger charge is 2.24. The Kier molecular flexibility index (Phi) is 4.60. The number of urea groups is 1. The van der Waals surface area contributed by atoms with Crippen LogP contribution in [0.15, 0.2) is 28.7 Å². The average molecular weight is 313 g/mol. The molecule has 0 aliphatic carbocycles. The maximum absolute atomic E-state index is 11.8. The van der Waals surface area contributed by atoms with Crippen LogP contribution in [-0.2, 0) is 4.74 Å². The molecule has 1 heterocycles. The minimum absolute atomic E-state index is 0.0132. The topological polar surface area (TPSA) is 41.6 Å². The second kappa shape index (κ2) is 6.20. The number of rotatable bonds is 2. The van der Waals surface area contributed by atoms with Crippen molar-refractivity contribution in [2.45, 2.75) is 13.0 Å². The summed E-state index contributed by atoms with van der Waals surface area (Å²) in [6.45, 7) is 4.40. The summed E-state index contributed by atoms with van der Waals surface area (Å²) >= 11 is 3.45. The Labute approximate surface area is 115 Å². The minimum Gasteiger partial charge on any atom is -0.370 e. The normalized spacial score (nSPS) is 19.7. The predicted octanol–water partition coefficient (Wildman–Crippen LogP) is 2.55. The highest BCUT2D eigenvalue weighted by Crippen LogP contribution is 2.24. The zero-order valence-corrected chi connectivity index (χ0v) is 11.9. The van der Waals surface area contributed by atoms with Gasteiger partial charge in [-0.3, -0.25) is 0 Å². The van der Waals surface area contributed by atoms with Gasteiger partial charge in [-0.1, -0.05) is 28.1 Å². The first-order valence-electron chi connectivity index (χ1n) is 6.10. The van der Waals surface area contributed by atoms with Crippen molar-refractivity contribution >= 4 is 22.0 Å². The molecule has 5 heteroatoms. The number of carbonyl (C=O) groups excluding carboxylic acids is 1. The summed E-state index contributed by atoms with van der Waals surface area (Å²) in [7, 11) is 0. The second-order valence-corrected chi connectivity index (χ2v) is 5.11. The van der Waals surface area contributed by atoms with E-state index in [0.29, 0.717) is 26.2 Å². The third kappa shape index (κ3) is 3.23. The van der Waals surface area contributed by atoms with Crippen molar-refractivity contribution in [2.24, 2.45) is 0 Å². The number of morpholine rings is 1. The van der Waals surface area contributed by atoms with E-state index in [0.717, 1.165) is 10.0 Å². The zero-order valence-electron chi connectivity index (χ0n) is 10.4. The Hall–Kier alpha value is -1.07. The van der Waals surface area contributed by atoms with Gasteiger partial charge < -0.3 is 15.0 Å². The predicted molar refractivity (Wildman–Crippen MR) is 73.5 cm³/mol. The van der Waals surface area contributed by atoms with Gasteiger partial charge in [-0.15, -0.1) is 0 Å². The number of hydrogen-bond acceptors (Lipinski definition) is 2. The Morgan fingerprint density at radius 2 is 2.44 bits per heavy atom. The van der Waals surface area contributed by atoms with Gasteiger partial charge in [0.2, 0.25) is 0 Å². The molecule has 1 atom stereocenters. The number of amides is 2. The minimum atomic E-state index is -0.0427. The van der Waals surface area contributed by atoms with Gasteiger partial charge in [0.25, 0.3) is 0 Å². The lowest BCUT2D eigenvalue weighted by molar-refractivity contribution is -0.0153. The maximum Gasteiger partial charge on any atom is 0.317 e. The molecule has 1 N–H and O–H groups in total. The molecule has 2 rings (SSSR count). The molecule has 2 amide bonds. The molecule has 0 spiro atoms. The second-order valence-electron chi connectivity index (χ2n) is 4.20. The van der Waals surface area contributed by atoms with Gasteiger partial charge in [0.15, 0.2) is 0 Å². The van der Waals surface area contributed by atoms with E-state index in [4.69, 9.17) is 4.74 Å². The van der Waals surface area contributed by atoms with E-state index in [1.54, 1.807) is 4.90 Å². The van der Waals surface area contributed by atoms with E-state index in [2.05, 4.69) is 21.2 Å². The Morgan fingerprint density at radius 1 is 1.61 bits per heavy atom. The van der Waals surface area contributed by atoms with Gasteiger partial charge in [-0.2, -0.15) is 0 Å². The van der Waals surface area contributed by atoms with Gasteiger partial charge in [0.1, 0.15) is 6.10 Å². The van der Waals surface area contributed by atoms with Crippen molar-refractivity contribution < 1.29 is 9.53 Å². The van der Waals surface area contributed by atoms with Gasteiger partial charge in [0, 0.05) is 17.6 Å². The van der Waals surface area contributed by atoms with Gasteiger partial charge in [-0.25, -0.2) is 4.79 Å². The van der Waals surface area contributed by atoms with Crippen LogP contribution in [-0.4, -0.2) is 37.2 Å². The average Bonchev–Trinajstić information content (AvgIpc) is 2.39. The Bertz CT molecular complexity index is 425. The summed E-state index contributed by atoms with van der Waals surface area (Å²) in [4.78, 5) is 13.6. The van der Waals surface area contributed by atoms with Crippen molar-refractivity contribution in [1.82, 2.24) is 10.2 Å². The monoisotopic (exact) mass is 312 g/mol. The van der Waals surface area contributed by atoms with Crippen molar-refractivity contribution in [3.05, 3.63) is 34.3 Å². The fourth-order valence-electron chi connectivity index (χ4n) is 2.01. The zero-order chi connectivity index (χ0) is 13.0. The lowest BCUT2D eigenvalue weighted by atomic mass is 10.1. The molecule has 1 aliphatic heterocycles. The fourth-order valence-corrected chi connectivity index (χ4v) is 2.42. The van der Waals surface area contributed by atoms with Crippen molar-refractivity contribution in [3.8, 4) is 0 Å². The molecule has 1 aromatic carbocycles. The highest BCUT2D eigenvalue weighted by molar-refractivity contribution is 9.10. The molecule has 1 fully saturated rings. The van der Waals surface area contributed by atoms with E-state index in [1.165, 1.54) is 0 Å². The summed E-state index contributed by atoms with van der Waals surface area (Å²) in [6.07, 6.45) is -0.0427. The van der Waals surface area contributed by atoms with Crippen LogP contribution < -0.4 is 5.32 Å². The third-order valence-corrected chi connectivity index (χ3v) is 3.40. The van der Waals surface area contributed by atoms with Crippen LogP contribution in [0.1, 0.15) is 18.6 Å². The van der Waals surface area contributed by atoms with Crippen molar-refractivity contribution in [2.75, 3.05) is 26.2 Å². The first-order valence-corrected chi connectivity index (χ1v) is 6.90. The molecule has 0 aromatic heterocycles. The van der Waals surface area contributed by atoms with E-state index in [1.807, 2.05) is 31.2 Å². The molecule has 0 saturated carbocycles. The van der Waals surface area contributed by atoms with Crippen LogP contribution in [0.3, 0.4) is 0 Å². The van der Waals surface area contributed by atoms with Crippen LogP contribution in [0, 0.1) is 0 Å². The standard InChI is InChI=1S/C13H17BrN2O2/c1-2-15-13(17)16-6-7-18-12(9-16)10-4-3-5-11(14)8-10/h3-5,8,12H,2,6-7,9H2,1H3,(H,15,17)/t12-/m0/s1. The summed E-state index contributed by atoms with van der Waals surface area (Å²) in [6, 6.07) is 8.00. The van der Waals surface area contributed by atoms with Gasteiger partial charge in [0.05, 0.1) is 13.2 Å². The largest absolute Gasteiger partial charge is 0.370 e. The van der Waals surface area contributed by atoms with Gasteiger partial charge in [-0.05, 0) is 24.6 Å². The molecular weight excluding hydrogens is 296 g/mol. The number of hydrogen-bond donors (Lipinski definition) is 1. The van der Waals surface area contributed by atoms with Crippen LogP contribution in [0.25, 0.3) is 0 Å². The molecule has 0 bridgehead atoms. The summed E-state index contributed by atoms with van der Waals surface area (Å²) in [5, 5.41) is 2.82. The quantitative estimate of drug-likeness (QED) is 0.912. The summed E-state index contributed by atoms with van der Waals surface area (Å²) in [5.41, 5.74) is 1.10. The molecule has 18 heavy (non-hydrogen) atoms. The summed E-state index contributed by atoms with van der Waals surface area (Å²) < 4.78 is 6.76. The number of nitrogens with zero attached hydrogens (tertiary/aromatic N) is 1. The molecule has 0 unspecified atom stereocenters. The maximum atomic E-state index is 11.8. The van der Waals surface area contributed by atoms with Crippen molar-refractivity contribution in [1.29, 1.82) is 0 Å². The SMILES string of the molecule is CCNC(=O)N1CCO[C@H](c2cccc(Br)c2)C1. The Balaban J connectivity index is 2.04. The lowest BCUT2D eigenvalue weighted by Crippen LogP contribution is -2.47. The molecule has 1 aliphatic rings. The number of carbonyl (C=O) groups is 1. The third-order valence-electron chi connectivity index (χ3n) is 2.90. The van der Waals surface area contributed by atoms with E-state index >= 15 is 0 Å². The summed E-state index contributed by atoms with van der Waals surface area (Å²) in [5.74, 6) is 0. The molecule has 1 saturated heterocycles. The van der Waals surface area contributed by atoms with E-state index < -0.39 is 0 Å². The highest BCUT2D eigenvalue weighted by atomic mass is 79.9. The van der Waals surface area contributed by atoms with Crippen LogP contribution in [0.5, 0.6) is 0 Å². The van der Waals surface area contributed by atoms with E-state index in [-0.39, 0.29) is 12.1 Å². The van der Waals surface area contributed by atoms with Crippen LogP contribution in [0.2, 0.25) is 0 Å². The number of benzene rings is 1. The molecular formula is C13H17BrN2O2. The first-order chi connectivity index (χ1) is 8.70. The molecule has 98 valence electrons. The fraction of sp³-hybridized carbons (Fsp3) is 0.462. The molecule has 1 aromatic rings. The smallest absolute Gasteiger partial charge is 0.317 e.